The van der Waals surface area contributed by atoms with Crippen LogP contribution in [0.1, 0.15) is 38.5 Å². The summed E-state index contributed by atoms with van der Waals surface area (Å²) in [5, 5.41) is 0. The average Bonchev–Trinajstić information content (AvgIpc) is 2.83. The lowest BCUT2D eigenvalue weighted by molar-refractivity contribution is -0.155. The van der Waals surface area contributed by atoms with E-state index in [0.717, 1.165) is 44.3 Å². The lowest BCUT2D eigenvalue weighted by Gasteiger charge is -2.23. The highest BCUT2D eigenvalue weighted by Crippen LogP contribution is 2.16. The minimum absolute atomic E-state index is 0.134. The molecule has 1 aromatic carbocycles. The molecule has 25 heavy (non-hydrogen) atoms. The molecule has 0 aliphatic carbocycles. The molecule has 1 fully saturated rings. The molecule has 6 heteroatoms. The summed E-state index contributed by atoms with van der Waals surface area (Å²) in [6.07, 6.45) is 6.19. The van der Waals surface area contributed by atoms with Crippen molar-refractivity contribution in [3.8, 4) is 0 Å². The summed E-state index contributed by atoms with van der Waals surface area (Å²) in [7, 11) is 0. The second kappa shape index (κ2) is 7.96. The molecular formula is C19H22N2O4. The monoisotopic (exact) mass is 342 g/mol. The standard InChI is InChI=1S/C19H22N2O4/c1-14(19(23)21-12-6-2-3-7-13-21)24-18(22)11-10-17-20-15-8-4-5-9-16(15)25-17/h4-5,8-11,14H,2-3,6-7,12-13H2,1H3/b11-10+/t14-/m0/s1. The summed E-state index contributed by atoms with van der Waals surface area (Å²) in [5.74, 6) is -0.395. The normalized spacial score (nSPS) is 16.8. The van der Waals surface area contributed by atoms with Crippen molar-refractivity contribution in [3.63, 3.8) is 0 Å². The van der Waals surface area contributed by atoms with Crippen LogP contribution in [0.5, 0.6) is 0 Å². The highest BCUT2D eigenvalue weighted by Gasteiger charge is 2.23. The van der Waals surface area contributed by atoms with Gasteiger partial charge >= 0.3 is 5.97 Å². The van der Waals surface area contributed by atoms with Crippen molar-refractivity contribution in [2.24, 2.45) is 0 Å². The van der Waals surface area contributed by atoms with Crippen LogP contribution in [0.3, 0.4) is 0 Å². The highest BCUT2D eigenvalue weighted by molar-refractivity contribution is 5.90. The largest absolute Gasteiger partial charge is 0.449 e. The maximum Gasteiger partial charge on any atom is 0.331 e. The van der Waals surface area contributed by atoms with Gasteiger partial charge in [0.05, 0.1) is 0 Å². The van der Waals surface area contributed by atoms with Crippen LogP contribution in [0.4, 0.5) is 0 Å². The molecule has 2 heterocycles. The Bertz CT molecular complexity index is 740. The Balaban J connectivity index is 1.56. The molecular weight excluding hydrogens is 320 g/mol. The molecule has 1 saturated heterocycles. The van der Waals surface area contributed by atoms with Crippen molar-refractivity contribution in [1.82, 2.24) is 9.88 Å². The molecule has 0 bridgehead atoms. The van der Waals surface area contributed by atoms with Gasteiger partial charge in [0.15, 0.2) is 11.7 Å². The smallest absolute Gasteiger partial charge is 0.331 e. The Kier molecular flexibility index (Phi) is 5.48. The van der Waals surface area contributed by atoms with Crippen molar-refractivity contribution >= 4 is 29.1 Å². The molecule has 0 N–H and O–H groups in total. The van der Waals surface area contributed by atoms with Gasteiger partial charge in [0.25, 0.3) is 5.91 Å². The molecule has 1 amide bonds. The second-order valence-corrected chi connectivity index (χ2v) is 6.17. The maximum atomic E-state index is 12.4. The Morgan fingerprint density at radius 2 is 1.92 bits per heavy atom. The first kappa shape index (κ1) is 17.2. The summed E-state index contributed by atoms with van der Waals surface area (Å²) in [6.45, 7) is 3.08. The number of benzene rings is 1. The zero-order chi connectivity index (χ0) is 17.6. The van der Waals surface area contributed by atoms with Crippen LogP contribution >= 0.6 is 0 Å². The average molecular weight is 342 g/mol. The number of nitrogens with zero attached hydrogens (tertiary/aromatic N) is 2. The number of hydrogen-bond donors (Lipinski definition) is 0. The summed E-state index contributed by atoms with van der Waals surface area (Å²) in [5.41, 5.74) is 1.38. The van der Waals surface area contributed by atoms with Crippen molar-refractivity contribution in [2.75, 3.05) is 13.1 Å². The minimum Gasteiger partial charge on any atom is -0.449 e. The van der Waals surface area contributed by atoms with E-state index in [2.05, 4.69) is 4.98 Å². The predicted molar refractivity (Wildman–Crippen MR) is 93.6 cm³/mol. The quantitative estimate of drug-likeness (QED) is 0.630. The number of amides is 1. The van der Waals surface area contributed by atoms with Crippen LogP contribution in [0.25, 0.3) is 17.2 Å². The van der Waals surface area contributed by atoms with Gasteiger partial charge < -0.3 is 14.1 Å². The van der Waals surface area contributed by atoms with E-state index < -0.39 is 12.1 Å². The fourth-order valence-electron chi connectivity index (χ4n) is 2.91. The molecule has 1 aliphatic heterocycles. The number of rotatable bonds is 4. The SMILES string of the molecule is C[C@H](OC(=O)/C=C/c1nc2ccccc2o1)C(=O)N1CCCCCC1. The van der Waals surface area contributed by atoms with Crippen molar-refractivity contribution < 1.29 is 18.7 Å². The van der Waals surface area contributed by atoms with Crippen molar-refractivity contribution in [1.29, 1.82) is 0 Å². The Labute approximate surface area is 146 Å². The first-order chi connectivity index (χ1) is 12.1. The predicted octanol–water partition coefficient (Wildman–Crippen LogP) is 3.18. The topological polar surface area (TPSA) is 72.6 Å². The summed E-state index contributed by atoms with van der Waals surface area (Å²) in [4.78, 5) is 30.4. The number of oxazole rings is 1. The van der Waals surface area contributed by atoms with Crippen LogP contribution in [0.2, 0.25) is 0 Å². The maximum absolute atomic E-state index is 12.4. The van der Waals surface area contributed by atoms with E-state index in [-0.39, 0.29) is 5.91 Å². The first-order valence-corrected chi connectivity index (χ1v) is 8.66. The molecule has 1 aromatic heterocycles. The molecule has 6 nitrogen and oxygen atoms in total. The number of carbonyl (C=O) groups is 2. The van der Waals surface area contributed by atoms with Crippen molar-refractivity contribution in [2.45, 2.75) is 38.7 Å². The number of likely N-dealkylation sites (tertiary alicyclic amines) is 1. The lowest BCUT2D eigenvalue weighted by Crippen LogP contribution is -2.40. The van der Waals surface area contributed by atoms with Gasteiger partial charge in [-0.15, -0.1) is 0 Å². The minimum atomic E-state index is -0.793. The number of aromatic nitrogens is 1. The summed E-state index contributed by atoms with van der Waals surface area (Å²) < 4.78 is 10.7. The Morgan fingerprint density at radius 1 is 1.20 bits per heavy atom. The van der Waals surface area contributed by atoms with Gasteiger partial charge in [0, 0.05) is 25.2 Å². The number of fused-ring (bicyclic) bond motifs is 1. The number of carbonyl (C=O) groups excluding carboxylic acids is 2. The van der Waals surface area contributed by atoms with Crippen LogP contribution in [-0.2, 0) is 14.3 Å². The third kappa shape index (κ3) is 4.47. The van der Waals surface area contributed by atoms with Gasteiger partial charge in [-0.3, -0.25) is 4.79 Å². The van der Waals surface area contributed by atoms with Gasteiger partial charge in [0.2, 0.25) is 5.89 Å². The van der Waals surface area contributed by atoms with Crippen molar-refractivity contribution in [3.05, 3.63) is 36.2 Å². The highest BCUT2D eigenvalue weighted by atomic mass is 16.5. The van der Waals surface area contributed by atoms with Crippen LogP contribution in [-0.4, -0.2) is 41.0 Å². The number of hydrogen-bond acceptors (Lipinski definition) is 5. The van der Waals surface area contributed by atoms with Gasteiger partial charge in [-0.25, -0.2) is 9.78 Å². The molecule has 1 aliphatic rings. The van der Waals surface area contributed by atoms with E-state index in [4.69, 9.17) is 9.15 Å². The van der Waals surface area contributed by atoms with Crippen LogP contribution < -0.4 is 0 Å². The van der Waals surface area contributed by atoms with Gasteiger partial charge in [-0.1, -0.05) is 25.0 Å². The number of esters is 1. The van der Waals surface area contributed by atoms with Gasteiger partial charge in [-0.05, 0) is 31.9 Å². The second-order valence-electron chi connectivity index (χ2n) is 6.17. The molecule has 0 spiro atoms. The van der Waals surface area contributed by atoms with Crippen LogP contribution in [0.15, 0.2) is 34.8 Å². The molecule has 2 aromatic rings. The first-order valence-electron chi connectivity index (χ1n) is 8.66. The molecule has 0 unspecified atom stereocenters. The number of ether oxygens (including phenoxy) is 1. The van der Waals surface area contributed by atoms with E-state index in [1.54, 1.807) is 17.9 Å². The van der Waals surface area contributed by atoms with E-state index in [1.165, 1.54) is 12.2 Å². The number of para-hydroxylation sites is 2. The Hall–Kier alpha value is -2.63. The molecule has 0 saturated carbocycles. The van der Waals surface area contributed by atoms with Crippen LogP contribution in [0, 0.1) is 0 Å². The summed E-state index contributed by atoms with van der Waals surface area (Å²) in [6, 6.07) is 7.35. The van der Waals surface area contributed by atoms with E-state index in [9.17, 15) is 9.59 Å². The molecule has 0 radical (unpaired) electrons. The van der Waals surface area contributed by atoms with E-state index in [1.807, 2.05) is 18.2 Å². The van der Waals surface area contributed by atoms with E-state index in [0.29, 0.717) is 11.5 Å². The van der Waals surface area contributed by atoms with Gasteiger partial charge in [-0.2, -0.15) is 0 Å². The summed E-state index contributed by atoms with van der Waals surface area (Å²) >= 11 is 0. The van der Waals surface area contributed by atoms with Gasteiger partial charge in [0.1, 0.15) is 5.52 Å². The Morgan fingerprint density at radius 3 is 2.64 bits per heavy atom. The zero-order valence-corrected chi connectivity index (χ0v) is 14.3. The molecule has 132 valence electrons. The third-order valence-electron chi connectivity index (χ3n) is 4.23. The molecule has 1 atom stereocenters. The fourth-order valence-corrected chi connectivity index (χ4v) is 2.91. The van der Waals surface area contributed by atoms with E-state index >= 15 is 0 Å². The fraction of sp³-hybridized carbons (Fsp3) is 0.421. The third-order valence-corrected chi connectivity index (χ3v) is 4.23. The molecule has 3 rings (SSSR count). The zero-order valence-electron chi connectivity index (χ0n) is 14.3. The lowest BCUT2D eigenvalue weighted by atomic mass is 10.2.